The normalized spacial score (nSPS) is 11.8. The molecule has 0 amide bonds. The van der Waals surface area contributed by atoms with Gasteiger partial charge in [0.15, 0.2) is 0 Å². The molecule has 0 heteroatoms. The second kappa shape index (κ2) is 10.1. The summed E-state index contributed by atoms with van der Waals surface area (Å²) in [4.78, 5) is 0. The smallest absolute Gasteiger partial charge is 0.00928 e. The summed E-state index contributed by atoms with van der Waals surface area (Å²) in [7, 11) is 0. The van der Waals surface area contributed by atoms with Gasteiger partial charge in [-0.2, -0.15) is 0 Å². The Morgan fingerprint density at radius 2 is 0.977 bits per heavy atom. The quantitative estimate of drug-likeness (QED) is 0.152. The van der Waals surface area contributed by atoms with E-state index in [1.807, 2.05) is 6.08 Å². The Morgan fingerprint density at radius 1 is 0.419 bits per heavy atom. The molecule has 0 unspecified atom stereocenters. The van der Waals surface area contributed by atoms with E-state index in [0.717, 1.165) is 0 Å². The number of benzene rings is 8. The van der Waals surface area contributed by atoms with Gasteiger partial charge >= 0.3 is 0 Å². The van der Waals surface area contributed by atoms with Crippen molar-refractivity contribution in [3.05, 3.63) is 157 Å². The van der Waals surface area contributed by atoms with Gasteiger partial charge in [-0.15, -0.1) is 0 Å². The van der Waals surface area contributed by atoms with E-state index in [2.05, 4.69) is 159 Å². The molecule has 202 valence electrons. The Labute approximate surface area is 251 Å². The fourth-order valence-corrected chi connectivity index (χ4v) is 6.97. The van der Waals surface area contributed by atoms with Crippen molar-refractivity contribution in [3.8, 4) is 22.3 Å². The molecule has 0 fully saturated rings. The van der Waals surface area contributed by atoms with Gasteiger partial charge in [0.2, 0.25) is 0 Å². The van der Waals surface area contributed by atoms with Gasteiger partial charge in [0, 0.05) is 0 Å². The van der Waals surface area contributed by atoms with E-state index in [0.29, 0.717) is 0 Å². The highest BCUT2D eigenvalue weighted by atomic mass is 14.2. The van der Waals surface area contributed by atoms with Crippen molar-refractivity contribution in [2.24, 2.45) is 0 Å². The van der Waals surface area contributed by atoms with E-state index in [9.17, 15) is 0 Å². The number of allylic oxidation sites excluding steroid dienone is 1. The van der Waals surface area contributed by atoms with Gasteiger partial charge in [-0.25, -0.2) is 0 Å². The van der Waals surface area contributed by atoms with Gasteiger partial charge in [-0.1, -0.05) is 140 Å². The van der Waals surface area contributed by atoms with Crippen LogP contribution in [0.5, 0.6) is 0 Å². The average molecular weight is 547 g/mol. The molecule has 0 aromatic heterocycles. The minimum atomic E-state index is 1.17. The summed E-state index contributed by atoms with van der Waals surface area (Å²) in [5.41, 5.74) is 7.37. The Kier molecular flexibility index (Phi) is 5.94. The maximum Gasteiger partial charge on any atom is -0.00928 e. The first-order valence-corrected chi connectivity index (χ1v) is 14.9. The van der Waals surface area contributed by atoms with E-state index in [-0.39, 0.29) is 0 Å². The molecular weight excluding hydrogens is 516 g/mol. The Bertz CT molecular complexity index is 2420. The first-order chi connectivity index (χ1) is 21.2. The summed E-state index contributed by atoms with van der Waals surface area (Å²) in [5.74, 6) is 0. The topological polar surface area (TPSA) is 0 Å². The molecule has 0 bridgehead atoms. The van der Waals surface area contributed by atoms with Crippen molar-refractivity contribution >= 4 is 66.0 Å². The first-order valence-electron chi connectivity index (χ1n) is 14.9. The molecule has 8 aromatic carbocycles. The second-order valence-corrected chi connectivity index (χ2v) is 11.3. The molecule has 0 nitrogen and oxygen atoms in total. The summed E-state index contributed by atoms with van der Waals surface area (Å²) >= 11 is 0. The van der Waals surface area contributed by atoms with Crippen molar-refractivity contribution < 1.29 is 0 Å². The van der Waals surface area contributed by atoms with Crippen LogP contribution in [0, 0.1) is 0 Å². The Morgan fingerprint density at radius 3 is 1.70 bits per heavy atom. The number of fused-ring (bicyclic) bond motifs is 6. The van der Waals surface area contributed by atoms with Crippen LogP contribution in [-0.2, 0) is 0 Å². The standard InChI is InChI=1S/C43H30/c1-3-12-29-26-43(38-19-10-7-16-34(38)32(29)4-2)40-24-23-39(35-17-8-9-18-36(35)40)37-20-11-14-30-25-31-22-21-28-13-5-6-15-33(28)41(31)27-42(30)37/h3-27H,2H2,1H3. The summed E-state index contributed by atoms with van der Waals surface area (Å²) in [5, 5.41) is 12.7. The molecule has 0 saturated heterocycles. The largest absolute Gasteiger partial charge is 0.0984 e. The van der Waals surface area contributed by atoms with Crippen LogP contribution >= 0.6 is 0 Å². The molecule has 43 heavy (non-hydrogen) atoms. The number of hydrogen-bond acceptors (Lipinski definition) is 0. The zero-order valence-electron chi connectivity index (χ0n) is 24.1. The fourth-order valence-electron chi connectivity index (χ4n) is 6.97. The number of rotatable bonds is 4. The van der Waals surface area contributed by atoms with E-state index >= 15 is 0 Å². The zero-order chi connectivity index (χ0) is 28.9. The SMILES string of the molecule is C=Cc1c(C=CC)cc(-c2ccc(-c3cccc4cc5ccc6ccccc6c5cc34)c3ccccc23)c2ccccc12. The lowest BCUT2D eigenvalue weighted by molar-refractivity contribution is 1.62. The highest BCUT2D eigenvalue weighted by molar-refractivity contribution is 6.17. The average Bonchev–Trinajstić information content (AvgIpc) is 3.06. The van der Waals surface area contributed by atoms with Crippen LogP contribution in [0.25, 0.3) is 88.3 Å². The van der Waals surface area contributed by atoms with Crippen LogP contribution in [-0.4, -0.2) is 0 Å². The summed E-state index contributed by atoms with van der Waals surface area (Å²) in [6.07, 6.45) is 6.28. The van der Waals surface area contributed by atoms with E-state index in [1.54, 1.807) is 0 Å². The van der Waals surface area contributed by atoms with Crippen molar-refractivity contribution in [2.45, 2.75) is 6.92 Å². The molecule has 0 aliphatic heterocycles. The molecule has 0 aliphatic rings. The maximum atomic E-state index is 4.15. The lowest BCUT2D eigenvalue weighted by Crippen LogP contribution is -1.92. The first kappa shape index (κ1) is 25.3. The van der Waals surface area contributed by atoms with Crippen molar-refractivity contribution in [1.29, 1.82) is 0 Å². The molecule has 0 heterocycles. The summed E-state index contributed by atoms with van der Waals surface area (Å²) in [6, 6.07) is 49.1. The third-order valence-corrected chi connectivity index (χ3v) is 8.92. The van der Waals surface area contributed by atoms with Crippen molar-refractivity contribution in [3.63, 3.8) is 0 Å². The van der Waals surface area contributed by atoms with Crippen LogP contribution in [0.15, 0.2) is 146 Å². The molecule has 0 atom stereocenters. The van der Waals surface area contributed by atoms with Crippen LogP contribution < -0.4 is 0 Å². The van der Waals surface area contributed by atoms with Gasteiger partial charge in [0.25, 0.3) is 0 Å². The van der Waals surface area contributed by atoms with Gasteiger partial charge in [-0.3, -0.25) is 0 Å². The third kappa shape index (κ3) is 3.99. The fraction of sp³-hybridized carbons (Fsp3) is 0.0233. The monoisotopic (exact) mass is 546 g/mol. The highest BCUT2D eigenvalue weighted by Crippen LogP contribution is 2.42. The molecule has 0 spiro atoms. The molecule has 0 radical (unpaired) electrons. The third-order valence-electron chi connectivity index (χ3n) is 8.92. The van der Waals surface area contributed by atoms with E-state index < -0.39 is 0 Å². The Hall–Kier alpha value is -5.46. The molecular formula is C43H30. The lowest BCUT2D eigenvalue weighted by Gasteiger charge is -2.17. The molecule has 8 rings (SSSR count). The molecule has 0 N–H and O–H groups in total. The predicted molar refractivity (Wildman–Crippen MR) is 190 cm³/mol. The minimum Gasteiger partial charge on any atom is -0.0984 e. The van der Waals surface area contributed by atoms with E-state index in [4.69, 9.17) is 0 Å². The Balaban J connectivity index is 1.42. The van der Waals surface area contributed by atoms with Gasteiger partial charge in [0.05, 0.1) is 0 Å². The lowest BCUT2D eigenvalue weighted by atomic mass is 9.86. The highest BCUT2D eigenvalue weighted by Gasteiger charge is 2.16. The van der Waals surface area contributed by atoms with Gasteiger partial charge < -0.3 is 0 Å². The van der Waals surface area contributed by atoms with Crippen LogP contribution in [0.1, 0.15) is 18.1 Å². The van der Waals surface area contributed by atoms with Crippen molar-refractivity contribution in [2.75, 3.05) is 0 Å². The maximum absolute atomic E-state index is 4.15. The molecule has 0 saturated carbocycles. The predicted octanol–water partition coefficient (Wildman–Crippen LogP) is 12.5. The molecule has 0 aliphatic carbocycles. The summed E-state index contributed by atoms with van der Waals surface area (Å²) < 4.78 is 0. The van der Waals surface area contributed by atoms with Crippen LogP contribution in [0.2, 0.25) is 0 Å². The van der Waals surface area contributed by atoms with Crippen LogP contribution in [0.3, 0.4) is 0 Å². The van der Waals surface area contributed by atoms with Crippen molar-refractivity contribution in [1.82, 2.24) is 0 Å². The number of hydrogen-bond donors (Lipinski definition) is 0. The van der Waals surface area contributed by atoms with Gasteiger partial charge in [0.1, 0.15) is 0 Å². The van der Waals surface area contributed by atoms with Crippen LogP contribution in [0.4, 0.5) is 0 Å². The van der Waals surface area contributed by atoms with E-state index in [1.165, 1.54) is 87.2 Å². The summed E-state index contributed by atoms with van der Waals surface area (Å²) in [6.45, 7) is 6.22. The minimum absolute atomic E-state index is 1.17. The molecule has 8 aromatic rings. The second-order valence-electron chi connectivity index (χ2n) is 11.3. The zero-order valence-corrected chi connectivity index (χ0v) is 24.1. The van der Waals surface area contributed by atoms with Gasteiger partial charge in [-0.05, 0) is 112 Å².